The van der Waals surface area contributed by atoms with Gasteiger partial charge in [0.2, 0.25) is 0 Å². The fourth-order valence-corrected chi connectivity index (χ4v) is 1.83. The number of hydrogen-bond donors (Lipinski definition) is 1. The summed E-state index contributed by atoms with van der Waals surface area (Å²) in [5.74, 6) is 0.447. The van der Waals surface area contributed by atoms with E-state index >= 15 is 0 Å². The van der Waals surface area contributed by atoms with Crippen molar-refractivity contribution in [3.8, 4) is 0 Å². The predicted molar refractivity (Wildman–Crippen MR) is 60.7 cm³/mol. The zero-order valence-electron chi connectivity index (χ0n) is 10.7. The van der Waals surface area contributed by atoms with Crippen LogP contribution in [0.5, 0.6) is 0 Å². The Morgan fingerprint density at radius 3 is 2.19 bits per heavy atom. The second kappa shape index (κ2) is 11.6. The average Bonchev–Trinajstić information content (AvgIpc) is 2.07. The van der Waals surface area contributed by atoms with Crippen LogP contribution in [0.15, 0.2) is 0 Å². The van der Waals surface area contributed by atoms with Crippen molar-refractivity contribution in [3.05, 3.63) is 0 Å². The summed E-state index contributed by atoms with van der Waals surface area (Å²) in [4.78, 5) is 0. The molecule has 0 rings (SSSR count). The fourth-order valence-electron chi connectivity index (χ4n) is 1.27. The summed E-state index contributed by atoms with van der Waals surface area (Å²) in [5, 5.41) is 3.31. The van der Waals surface area contributed by atoms with E-state index in [9.17, 15) is 13.0 Å². The van der Waals surface area contributed by atoms with Crippen molar-refractivity contribution in [3.63, 3.8) is 0 Å². The van der Waals surface area contributed by atoms with Crippen molar-refractivity contribution >= 4 is 10.1 Å². The first-order valence-corrected chi connectivity index (χ1v) is 7.14. The molecule has 0 fully saturated rings. The number of nitrogens with one attached hydrogen (secondary N) is 1. The third kappa shape index (κ3) is 17.9. The van der Waals surface area contributed by atoms with Crippen molar-refractivity contribution in [1.82, 2.24) is 5.32 Å². The Hall–Kier alpha value is 1.51. The second-order valence-corrected chi connectivity index (χ2v) is 5.80. The molecule has 0 bridgehead atoms. The first-order chi connectivity index (χ1) is 6.92. The minimum atomic E-state index is -4.00. The predicted octanol–water partition coefficient (Wildman–Crippen LogP) is -1.66. The number of unbranched alkanes of at least 4 members (excludes halogenated alkanes) is 3. The van der Waals surface area contributed by atoms with Crippen LogP contribution in [0, 0.1) is 5.92 Å². The van der Waals surface area contributed by atoms with E-state index in [4.69, 9.17) is 0 Å². The smallest absolute Gasteiger partial charge is 0.748 e. The van der Waals surface area contributed by atoms with Crippen molar-refractivity contribution in [2.45, 2.75) is 39.5 Å². The molecule has 0 aromatic rings. The summed E-state index contributed by atoms with van der Waals surface area (Å²) < 4.78 is 30.8. The maximum Gasteiger partial charge on any atom is 1.00 e. The molecule has 0 aliphatic heterocycles. The summed E-state index contributed by atoms with van der Waals surface area (Å²) in [6, 6.07) is 0. The normalized spacial score (nSPS) is 11.5. The van der Waals surface area contributed by atoms with Gasteiger partial charge in [0.15, 0.2) is 0 Å². The molecule has 92 valence electrons. The van der Waals surface area contributed by atoms with E-state index in [1.54, 1.807) is 0 Å². The molecule has 0 aliphatic rings. The molecule has 4 nitrogen and oxygen atoms in total. The first kappa shape index (κ1) is 19.8. The minimum absolute atomic E-state index is 0. The molecule has 0 aromatic heterocycles. The van der Waals surface area contributed by atoms with Crippen LogP contribution in [0.1, 0.15) is 39.5 Å². The van der Waals surface area contributed by atoms with Crippen molar-refractivity contribution < 1.29 is 64.4 Å². The van der Waals surface area contributed by atoms with Gasteiger partial charge in [-0.05, 0) is 31.8 Å². The van der Waals surface area contributed by atoms with Crippen LogP contribution in [0.25, 0.3) is 0 Å². The SMILES string of the molecule is CC(C)CNCCCCCCS(=O)(=O)[O-].[K+]. The van der Waals surface area contributed by atoms with Crippen LogP contribution in [-0.4, -0.2) is 31.8 Å². The average molecular weight is 275 g/mol. The standard InChI is InChI=1S/C10H23NO3S.K/c1-10(2)9-11-7-5-3-4-6-8-15(12,13)14;/h10-11H,3-9H2,1-2H3,(H,12,13,14);/q;+1/p-1. The third-order valence-electron chi connectivity index (χ3n) is 2.05. The topological polar surface area (TPSA) is 69.2 Å². The summed E-state index contributed by atoms with van der Waals surface area (Å²) in [7, 11) is -4.00. The van der Waals surface area contributed by atoms with Gasteiger partial charge in [0.1, 0.15) is 0 Å². The van der Waals surface area contributed by atoms with Crippen LogP contribution >= 0.6 is 0 Å². The fraction of sp³-hybridized carbons (Fsp3) is 1.00. The van der Waals surface area contributed by atoms with E-state index in [-0.39, 0.29) is 57.1 Å². The third-order valence-corrected chi connectivity index (χ3v) is 2.84. The molecule has 0 aromatic carbocycles. The van der Waals surface area contributed by atoms with Gasteiger partial charge in [-0.3, -0.25) is 0 Å². The summed E-state index contributed by atoms with van der Waals surface area (Å²) >= 11 is 0. The molecule has 0 saturated carbocycles. The van der Waals surface area contributed by atoms with Gasteiger partial charge in [0.05, 0.1) is 10.1 Å². The molecule has 0 heterocycles. The molecule has 0 unspecified atom stereocenters. The van der Waals surface area contributed by atoms with Gasteiger partial charge < -0.3 is 9.87 Å². The van der Waals surface area contributed by atoms with Crippen LogP contribution in [0.2, 0.25) is 0 Å². The van der Waals surface area contributed by atoms with Crippen LogP contribution in [0.4, 0.5) is 0 Å². The Morgan fingerprint density at radius 2 is 1.69 bits per heavy atom. The van der Waals surface area contributed by atoms with Gasteiger partial charge in [-0.1, -0.05) is 26.7 Å². The maximum atomic E-state index is 10.3. The van der Waals surface area contributed by atoms with Gasteiger partial charge >= 0.3 is 51.4 Å². The van der Waals surface area contributed by atoms with Crippen molar-refractivity contribution in [1.29, 1.82) is 0 Å². The van der Waals surface area contributed by atoms with E-state index in [1.807, 2.05) is 0 Å². The van der Waals surface area contributed by atoms with Gasteiger partial charge in [0.25, 0.3) is 0 Å². The van der Waals surface area contributed by atoms with Gasteiger partial charge in [-0.25, -0.2) is 8.42 Å². The summed E-state index contributed by atoms with van der Waals surface area (Å²) in [6.45, 7) is 6.31. The molecule has 0 aliphatic carbocycles. The Balaban J connectivity index is 0. The number of hydrogen-bond acceptors (Lipinski definition) is 4. The Bertz CT molecular complexity index is 242. The molecule has 0 atom stereocenters. The van der Waals surface area contributed by atoms with E-state index in [1.165, 1.54) is 0 Å². The molecular weight excluding hydrogens is 253 g/mol. The van der Waals surface area contributed by atoms with E-state index in [0.717, 1.165) is 32.4 Å². The Labute approximate surface area is 142 Å². The molecule has 1 N–H and O–H groups in total. The minimum Gasteiger partial charge on any atom is -0.748 e. The summed E-state index contributed by atoms with van der Waals surface area (Å²) in [5.41, 5.74) is 0. The zero-order valence-corrected chi connectivity index (χ0v) is 14.6. The first-order valence-electron chi connectivity index (χ1n) is 5.56. The Morgan fingerprint density at radius 1 is 1.12 bits per heavy atom. The van der Waals surface area contributed by atoms with E-state index in [2.05, 4.69) is 19.2 Å². The monoisotopic (exact) mass is 275 g/mol. The molecule has 0 amide bonds. The second-order valence-electron chi connectivity index (χ2n) is 4.27. The number of rotatable bonds is 9. The van der Waals surface area contributed by atoms with Gasteiger partial charge in [0, 0.05) is 5.75 Å². The van der Waals surface area contributed by atoms with Crippen LogP contribution in [-0.2, 0) is 10.1 Å². The van der Waals surface area contributed by atoms with E-state index < -0.39 is 10.1 Å². The zero-order chi connectivity index (χ0) is 11.7. The van der Waals surface area contributed by atoms with Crippen LogP contribution in [0.3, 0.4) is 0 Å². The van der Waals surface area contributed by atoms with E-state index in [0.29, 0.717) is 12.3 Å². The molecular formula is C10H22KNO3S. The molecule has 0 spiro atoms. The largest absolute Gasteiger partial charge is 1.00 e. The quantitative estimate of drug-likeness (QED) is 0.311. The van der Waals surface area contributed by atoms with Crippen LogP contribution < -0.4 is 56.7 Å². The molecule has 0 radical (unpaired) electrons. The molecule has 6 heteroatoms. The molecule has 16 heavy (non-hydrogen) atoms. The van der Waals surface area contributed by atoms with Crippen molar-refractivity contribution in [2.75, 3.05) is 18.8 Å². The van der Waals surface area contributed by atoms with Gasteiger partial charge in [-0.2, -0.15) is 0 Å². The maximum absolute atomic E-state index is 10.3. The van der Waals surface area contributed by atoms with Crippen molar-refractivity contribution in [2.24, 2.45) is 5.92 Å². The Kier molecular flexibility index (Phi) is 14.4. The molecule has 0 saturated heterocycles. The summed E-state index contributed by atoms with van der Waals surface area (Å²) in [6.07, 6.45) is 3.35. The van der Waals surface area contributed by atoms with Gasteiger partial charge in [-0.15, -0.1) is 0 Å².